The van der Waals surface area contributed by atoms with Gasteiger partial charge in [-0.15, -0.1) is 0 Å². The SMILES string of the molecule is Cc1ccc(C(C)C)c(OCC(=O)NNC(=O)c2ccc(Cl)cc2)c1. The van der Waals surface area contributed by atoms with Crippen LogP contribution in [0.4, 0.5) is 0 Å². The molecule has 0 atom stereocenters. The lowest BCUT2D eigenvalue weighted by Crippen LogP contribution is -2.43. The van der Waals surface area contributed by atoms with E-state index in [1.54, 1.807) is 24.3 Å². The lowest BCUT2D eigenvalue weighted by Gasteiger charge is -2.15. The molecule has 0 unspecified atom stereocenters. The van der Waals surface area contributed by atoms with Crippen LogP contribution in [0.3, 0.4) is 0 Å². The molecule has 5 nitrogen and oxygen atoms in total. The quantitative estimate of drug-likeness (QED) is 0.800. The summed E-state index contributed by atoms with van der Waals surface area (Å²) in [6.45, 7) is 5.89. The van der Waals surface area contributed by atoms with Crippen LogP contribution in [0.1, 0.15) is 41.3 Å². The van der Waals surface area contributed by atoms with E-state index in [0.29, 0.717) is 16.3 Å². The number of hydrogen-bond acceptors (Lipinski definition) is 3. The van der Waals surface area contributed by atoms with Gasteiger partial charge in [0.25, 0.3) is 11.8 Å². The van der Waals surface area contributed by atoms with Gasteiger partial charge >= 0.3 is 0 Å². The highest BCUT2D eigenvalue weighted by Crippen LogP contribution is 2.27. The molecule has 2 rings (SSSR count). The van der Waals surface area contributed by atoms with Crippen molar-refractivity contribution in [2.75, 3.05) is 6.61 Å². The van der Waals surface area contributed by atoms with Gasteiger partial charge in [-0.05, 0) is 54.3 Å². The maximum absolute atomic E-state index is 11.9. The van der Waals surface area contributed by atoms with Gasteiger partial charge in [0.15, 0.2) is 6.61 Å². The summed E-state index contributed by atoms with van der Waals surface area (Å²) in [5, 5.41) is 0.535. The van der Waals surface area contributed by atoms with Crippen molar-refractivity contribution in [3.8, 4) is 5.75 Å². The van der Waals surface area contributed by atoms with Crippen LogP contribution in [0.25, 0.3) is 0 Å². The summed E-state index contributed by atoms with van der Waals surface area (Å²) in [4.78, 5) is 23.8. The van der Waals surface area contributed by atoms with Crippen LogP contribution in [-0.2, 0) is 4.79 Å². The Labute approximate surface area is 152 Å². The third-order valence-corrected chi connectivity index (χ3v) is 3.82. The third-order valence-electron chi connectivity index (χ3n) is 3.57. The Morgan fingerprint density at radius 3 is 2.40 bits per heavy atom. The number of amides is 2. The molecule has 0 aliphatic heterocycles. The average Bonchev–Trinajstić information content (AvgIpc) is 2.58. The number of ether oxygens (including phenoxy) is 1. The zero-order valence-electron chi connectivity index (χ0n) is 14.4. The van der Waals surface area contributed by atoms with Crippen molar-refractivity contribution in [2.45, 2.75) is 26.7 Å². The van der Waals surface area contributed by atoms with Gasteiger partial charge < -0.3 is 4.74 Å². The predicted octanol–water partition coefficient (Wildman–Crippen LogP) is 3.61. The number of hydrogen-bond donors (Lipinski definition) is 2. The molecule has 0 heterocycles. The van der Waals surface area contributed by atoms with E-state index in [1.807, 2.05) is 25.1 Å². The van der Waals surface area contributed by atoms with Crippen LogP contribution in [0.15, 0.2) is 42.5 Å². The minimum Gasteiger partial charge on any atom is -0.483 e. The second-order valence-electron chi connectivity index (χ2n) is 5.99. The number of rotatable bonds is 5. The number of benzene rings is 2. The summed E-state index contributed by atoms with van der Waals surface area (Å²) < 4.78 is 5.61. The molecule has 0 spiro atoms. The third kappa shape index (κ3) is 5.50. The molecule has 2 N–H and O–H groups in total. The summed E-state index contributed by atoms with van der Waals surface area (Å²) in [5.41, 5.74) is 7.15. The number of carbonyl (C=O) groups is 2. The molecule has 2 amide bonds. The monoisotopic (exact) mass is 360 g/mol. The largest absolute Gasteiger partial charge is 0.483 e. The first kappa shape index (κ1) is 18.8. The second kappa shape index (κ2) is 8.53. The fourth-order valence-corrected chi connectivity index (χ4v) is 2.35. The molecule has 2 aromatic carbocycles. The van der Waals surface area contributed by atoms with E-state index in [0.717, 1.165) is 11.1 Å². The van der Waals surface area contributed by atoms with Crippen molar-refractivity contribution in [1.82, 2.24) is 10.9 Å². The Kier molecular flexibility index (Phi) is 6.42. The van der Waals surface area contributed by atoms with Crippen molar-refractivity contribution in [2.24, 2.45) is 0 Å². The van der Waals surface area contributed by atoms with Crippen molar-refractivity contribution in [3.05, 3.63) is 64.2 Å². The Morgan fingerprint density at radius 1 is 1.08 bits per heavy atom. The van der Waals surface area contributed by atoms with Gasteiger partial charge in [0, 0.05) is 10.6 Å². The maximum Gasteiger partial charge on any atom is 0.276 e. The van der Waals surface area contributed by atoms with E-state index >= 15 is 0 Å². The summed E-state index contributed by atoms with van der Waals surface area (Å²) in [6, 6.07) is 12.3. The van der Waals surface area contributed by atoms with E-state index in [9.17, 15) is 9.59 Å². The minimum atomic E-state index is -0.446. The highest BCUT2D eigenvalue weighted by atomic mass is 35.5. The van der Waals surface area contributed by atoms with Gasteiger partial charge in [0.2, 0.25) is 0 Å². The Bertz CT molecular complexity index is 758. The second-order valence-corrected chi connectivity index (χ2v) is 6.43. The van der Waals surface area contributed by atoms with Gasteiger partial charge in [0.1, 0.15) is 5.75 Å². The molecule has 0 fully saturated rings. The van der Waals surface area contributed by atoms with E-state index in [4.69, 9.17) is 16.3 Å². The van der Waals surface area contributed by atoms with Crippen LogP contribution in [0.5, 0.6) is 5.75 Å². The number of carbonyl (C=O) groups excluding carboxylic acids is 2. The van der Waals surface area contributed by atoms with E-state index in [2.05, 4.69) is 24.7 Å². The molecule has 132 valence electrons. The van der Waals surface area contributed by atoms with Crippen molar-refractivity contribution < 1.29 is 14.3 Å². The molecule has 6 heteroatoms. The molecule has 0 aromatic heterocycles. The Morgan fingerprint density at radius 2 is 1.76 bits per heavy atom. The Balaban J connectivity index is 1.88. The molecule has 0 saturated heterocycles. The lowest BCUT2D eigenvalue weighted by molar-refractivity contribution is -0.123. The first-order chi connectivity index (χ1) is 11.9. The molecular formula is C19H21ClN2O3. The minimum absolute atomic E-state index is 0.190. The van der Waals surface area contributed by atoms with Gasteiger partial charge in [0.05, 0.1) is 0 Å². The fourth-order valence-electron chi connectivity index (χ4n) is 2.22. The van der Waals surface area contributed by atoms with Gasteiger partial charge in [-0.3, -0.25) is 20.4 Å². The van der Waals surface area contributed by atoms with Crippen LogP contribution >= 0.6 is 11.6 Å². The average molecular weight is 361 g/mol. The standard InChI is InChI=1S/C19H21ClN2O3/c1-12(2)16-9-4-13(3)10-17(16)25-11-18(23)21-22-19(24)14-5-7-15(20)8-6-14/h4-10,12H,11H2,1-3H3,(H,21,23)(H,22,24). The molecule has 0 aliphatic rings. The number of aryl methyl sites for hydroxylation is 1. The summed E-state index contributed by atoms with van der Waals surface area (Å²) >= 11 is 5.77. The molecule has 0 saturated carbocycles. The molecule has 0 bridgehead atoms. The van der Waals surface area contributed by atoms with Crippen molar-refractivity contribution in [3.63, 3.8) is 0 Å². The zero-order valence-corrected chi connectivity index (χ0v) is 15.2. The zero-order chi connectivity index (χ0) is 18.4. The topological polar surface area (TPSA) is 67.4 Å². The number of hydrazine groups is 1. The van der Waals surface area contributed by atoms with Crippen molar-refractivity contribution in [1.29, 1.82) is 0 Å². The van der Waals surface area contributed by atoms with Gasteiger partial charge in [-0.1, -0.05) is 37.6 Å². The molecule has 2 aromatic rings. The lowest BCUT2D eigenvalue weighted by atomic mass is 10.0. The summed E-state index contributed by atoms with van der Waals surface area (Å²) in [7, 11) is 0. The Hall–Kier alpha value is -2.53. The van der Waals surface area contributed by atoms with Gasteiger partial charge in [-0.25, -0.2) is 0 Å². The van der Waals surface area contributed by atoms with Crippen LogP contribution < -0.4 is 15.6 Å². The fraction of sp³-hybridized carbons (Fsp3) is 0.263. The van der Waals surface area contributed by atoms with Crippen LogP contribution in [0, 0.1) is 6.92 Å². The highest BCUT2D eigenvalue weighted by Gasteiger charge is 2.11. The van der Waals surface area contributed by atoms with Crippen molar-refractivity contribution >= 4 is 23.4 Å². The van der Waals surface area contributed by atoms with Gasteiger partial charge in [-0.2, -0.15) is 0 Å². The number of nitrogens with one attached hydrogen (secondary N) is 2. The van der Waals surface area contributed by atoms with E-state index in [-0.39, 0.29) is 12.5 Å². The normalized spacial score (nSPS) is 10.4. The summed E-state index contributed by atoms with van der Waals surface area (Å²) in [5.74, 6) is 0.0828. The highest BCUT2D eigenvalue weighted by molar-refractivity contribution is 6.30. The molecular weight excluding hydrogens is 340 g/mol. The van der Waals surface area contributed by atoms with E-state index in [1.165, 1.54) is 0 Å². The molecule has 0 aliphatic carbocycles. The number of halogens is 1. The molecule has 0 radical (unpaired) electrons. The maximum atomic E-state index is 11.9. The molecule has 25 heavy (non-hydrogen) atoms. The first-order valence-electron chi connectivity index (χ1n) is 7.95. The first-order valence-corrected chi connectivity index (χ1v) is 8.32. The smallest absolute Gasteiger partial charge is 0.276 e. The summed E-state index contributed by atoms with van der Waals surface area (Å²) in [6.07, 6.45) is 0. The van der Waals surface area contributed by atoms with E-state index < -0.39 is 11.8 Å². The van der Waals surface area contributed by atoms with Crippen LogP contribution in [0.2, 0.25) is 5.02 Å². The van der Waals surface area contributed by atoms with Crippen LogP contribution in [-0.4, -0.2) is 18.4 Å². The predicted molar refractivity (Wildman–Crippen MR) is 97.8 cm³/mol.